The molecule has 0 saturated carbocycles. The van der Waals surface area contributed by atoms with Crippen LogP contribution >= 0.6 is 0 Å². The molecule has 0 rings (SSSR count). The fraction of sp³-hybridized carbons (Fsp3) is 0.800. The van der Waals surface area contributed by atoms with E-state index in [9.17, 15) is 4.79 Å². The number of hydrogen-bond donors (Lipinski definition) is 1. The number of esters is 1. The van der Waals surface area contributed by atoms with Crippen molar-refractivity contribution in [3.05, 3.63) is 0 Å². The molecular formula is C5H11NNaO2. The zero-order valence-corrected chi connectivity index (χ0v) is 8.02. The number of methoxy groups -OCH3 is 1. The Hall–Kier alpha value is 0.430. The van der Waals surface area contributed by atoms with Crippen molar-refractivity contribution in [1.82, 2.24) is 0 Å². The van der Waals surface area contributed by atoms with Gasteiger partial charge >= 0.3 is 5.97 Å². The fourth-order valence-electron chi connectivity index (χ4n) is 0.348. The van der Waals surface area contributed by atoms with Gasteiger partial charge in [0.05, 0.1) is 7.11 Å². The maximum atomic E-state index is 10.3. The summed E-state index contributed by atoms with van der Waals surface area (Å²) >= 11 is 0. The van der Waals surface area contributed by atoms with Crippen LogP contribution in [0.25, 0.3) is 0 Å². The first kappa shape index (κ1) is 12.1. The molecule has 0 aromatic heterocycles. The molecular weight excluding hydrogens is 129 g/mol. The van der Waals surface area contributed by atoms with E-state index in [4.69, 9.17) is 5.73 Å². The zero-order valence-electron chi connectivity index (χ0n) is 6.02. The van der Waals surface area contributed by atoms with Crippen molar-refractivity contribution in [2.75, 3.05) is 13.7 Å². The van der Waals surface area contributed by atoms with E-state index in [-0.39, 0.29) is 35.5 Å². The van der Waals surface area contributed by atoms with Crippen LogP contribution < -0.4 is 5.73 Å². The Balaban J connectivity index is 0. The van der Waals surface area contributed by atoms with E-state index in [0.717, 1.165) is 0 Å². The van der Waals surface area contributed by atoms with Crippen molar-refractivity contribution in [3.63, 3.8) is 0 Å². The maximum Gasteiger partial charge on any atom is 0.305 e. The molecule has 1 radical (unpaired) electrons. The van der Waals surface area contributed by atoms with Crippen molar-refractivity contribution in [1.29, 1.82) is 0 Å². The molecule has 0 aromatic rings. The van der Waals surface area contributed by atoms with Crippen LogP contribution in [0, 0.1) is 0 Å². The summed E-state index contributed by atoms with van der Waals surface area (Å²) in [5.74, 6) is -0.185. The predicted molar refractivity (Wildman–Crippen MR) is 36.1 cm³/mol. The maximum absolute atomic E-state index is 10.3. The number of hydrogen-bond acceptors (Lipinski definition) is 3. The van der Waals surface area contributed by atoms with Gasteiger partial charge in [-0.25, -0.2) is 0 Å². The topological polar surface area (TPSA) is 52.3 Å². The van der Waals surface area contributed by atoms with Crippen molar-refractivity contribution in [2.45, 2.75) is 12.8 Å². The van der Waals surface area contributed by atoms with E-state index in [2.05, 4.69) is 4.74 Å². The summed E-state index contributed by atoms with van der Waals surface area (Å²) in [6.45, 7) is 0.551. The zero-order chi connectivity index (χ0) is 6.41. The molecule has 0 aromatic carbocycles. The van der Waals surface area contributed by atoms with Crippen LogP contribution in [0.5, 0.6) is 0 Å². The molecule has 9 heavy (non-hydrogen) atoms. The summed E-state index contributed by atoms with van der Waals surface area (Å²) < 4.78 is 4.36. The summed E-state index contributed by atoms with van der Waals surface area (Å²) in [6.07, 6.45) is 1.15. The van der Waals surface area contributed by atoms with Crippen LogP contribution in [0.15, 0.2) is 0 Å². The van der Waals surface area contributed by atoms with Gasteiger partial charge in [0.25, 0.3) is 0 Å². The van der Waals surface area contributed by atoms with Crippen LogP contribution in [-0.4, -0.2) is 49.2 Å². The quantitative estimate of drug-likeness (QED) is 0.425. The van der Waals surface area contributed by atoms with Gasteiger partial charge in [0.2, 0.25) is 0 Å². The molecule has 0 bridgehead atoms. The van der Waals surface area contributed by atoms with Crippen LogP contribution in [0.2, 0.25) is 0 Å². The molecule has 0 spiro atoms. The second-order valence-corrected chi connectivity index (χ2v) is 1.47. The molecule has 0 aliphatic carbocycles. The summed E-state index contributed by atoms with van der Waals surface area (Å²) in [6, 6.07) is 0. The summed E-state index contributed by atoms with van der Waals surface area (Å²) in [7, 11) is 1.37. The minimum atomic E-state index is -0.185. The van der Waals surface area contributed by atoms with Crippen molar-refractivity contribution in [2.24, 2.45) is 5.73 Å². The van der Waals surface area contributed by atoms with Crippen LogP contribution in [-0.2, 0) is 9.53 Å². The molecule has 49 valence electrons. The van der Waals surface area contributed by atoms with Crippen LogP contribution in [0.1, 0.15) is 12.8 Å². The summed E-state index contributed by atoms with van der Waals surface area (Å²) in [5, 5.41) is 0. The first-order chi connectivity index (χ1) is 3.81. The van der Waals surface area contributed by atoms with E-state index in [1.165, 1.54) is 7.11 Å². The average Bonchev–Trinajstić information content (AvgIpc) is 1.83. The number of rotatable bonds is 3. The van der Waals surface area contributed by atoms with Gasteiger partial charge in [-0.2, -0.15) is 0 Å². The van der Waals surface area contributed by atoms with E-state index in [1.807, 2.05) is 0 Å². The van der Waals surface area contributed by atoms with Crippen molar-refractivity contribution < 1.29 is 9.53 Å². The number of ether oxygens (including phenoxy) is 1. The van der Waals surface area contributed by atoms with Crippen LogP contribution in [0.4, 0.5) is 0 Å². The van der Waals surface area contributed by atoms with Gasteiger partial charge in [-0.1, -0.05) is 0 Å². The largest absolute Gasteiger partial charge is 0.469 e. The molecule has 0 fully saturated rings. The Labute approximate surface area is 77.2 Å². The smallest absolute Gasteiger partial charge is 0.305 e. The molecule has 0 unspecified atom stereocenters. The molecule has 0 aliphatic rings. The van der Waals surface area contributed by atoms with Gasteiger partial charge in [0.15, 0.2) is 0 Å². The number of nitrogens with two attached hydrogens (primary N) is 1. The number of carbonyl (C=O) groups excluding carboxylic acids is 1. The molecule has 0 atom stereocenters. The van der Waals surface area contributed by atoms with E-state index >= 15 is 0 Å². The van der Waals surface area contributed by atoms with Crippen LogP contribution in [0.3, 0.4) is 0 Å². The second kappa shape index (κ2) is 8.43. The Bertz CT molecular complexity index is 77.4. The third kappa shape index (κ3) is 8.43. The standard InChI is InChI=1S/C5H11NO2.Na/c1-8-5(7)3-2-4-6;/h2-4,6H2,1H3;. The first-order valence-electron chi connectivity index (χ1n) is 2.58. The molecule has 0 saturated heterocycles. The van der Waals surface area contributed by atoms with Gasteiger partial charge < -0.3 is 10.5 Å². The Morgan fingerprint density at radius 3 is 2.56 bits per heavy atom. The Morgan fingerprint density at radius 2 is 2.22 bits per heavy atom. The molecule has 3 nitrogen and oxygen atoms in total. The third-order valence-electron chi connectivity index (χ3n) is 0.813. The first-order valence-corrected chi connectivity index (χ1v) is 2.58. The third-order valence-corrected chi connectivity index (χ3v) is 0.813. The minimum Gasteiger partial charge on any atom is -0.469 e. The molecule has 0 aliphatic heterocycles. The van der Waals surface area contributed by atoms with Gasteiger partial charge in [-0.15, -0.1) is 0 Å². The molecule has 0 heterocycles. The molecule has 4 heteroatoms. The summed E-state index contributed by atoms with van der Waals surface area (Å²) in [5.41, 5.74) is 5.12. The summed E-state index contributed by atoms with van der Waals surface area (Å²) in [4.78, 5) is 10.3. The van der Waals surface area contributed by atoms with E-state index in [1.54, 1.807) is 0 Å². The van der Waals surface area contributed by atoms with E-state index < -0.39 is 0 Å². The molecule has 2 N–H and O–H groups in total. The van der Waals surface area contributed by atoms with Crippen molar-refractivity contribution in [3.8, 4) is 0 Å². The SMILES string of the molecule is COC(=O)CCCN.[Na]. The predicted octanol–water partition coefficient (Wildman–Crippen LogP) is -0.483. The van der Waals surface area contributed by atoms with Gasteiger partial charge in [0.1, 0.15) is 0 Å². The Morgan fingerprint density at radius 1 is 1.67 bits per heavy atom. The second-order valence-electron chi connectivity index (χ2n) is 1.47. The molecule has 0 amide bonds. The average molecular weight is 140 g/mol. The van der Waals surface area contributed by atoms with Gasteiger partial charge in [0, 0.05) is 36.0 Å². The monoisotopic (exact) mass is 140 g/mol. The Kier molecular flexibility index (Phi) is 11.4. The fourth-order valence-corrected chi connectivity index (χ4v) is 0.348. The van der Waals surface area contributed by atoms with E-state index in [0.29, 0.717) is 19.4 Å². The van der Waals surface area contributed by atoms with Gasteiger partial charge in [-0.05, 0) is 13.0 Å². The van der Waals surface area contributed by atoms with Crippen molar-refractivity contribution >= 4 is 35.5 Å². The normalized spacial score (nSPS) is 7.78. The minimum absolute atomic E-state index is 0. The van der Waals surface area contributed by atoms with Gasteiger partial charge in [-0.3, -0.25) is 4.79 Å². The number of carbonyl (C=O) groups is 1.